The molecule has 1 aliphatic heterocycles. The van der Waals surface area contributed by atoms with Gasteiger partial charge in [-0.2, -0.15) is 0 Å². The lowest BCUT2D eigenvalue weighted by Crippen LogP contribution is -2.43. The molecule has 2 aromatic rings. The Hall–Kier alpha value is -1.59. The van der Waals surface area contributed by atoms with Gasteiger partial charge in [-0.25, -0.2) is 0 Å². The van der Waals surface area contributed by atoms with Crippen LogP contribution in [0.4, 0.5) is 11.4 Å². The van der Waals surface area contributed by atoms with E-state index in [1.54, 1.807) is 0 Å². The fourth-order valence-corrected chi connectivity index (χ4v) is 2.71. The van der Waals surface area contributed by atoms with E-state index in [1.807, 2.05) is 41.4 Å². The maximum absolute atomic E-state index is 5.93. The zero-order valence-corrected chi connectivity index (χ0v) is 14.3. The van der Waals surface area contributed by atoms with E-state index in [2.05, 4.69) is 43.3 Å². The molecule has 114 valence electrons. The van der Waals surface area contributed by atoms with E-state index in [9.17, 15) is 0 Å². The molecule has 0 amide bonds. The van der Waals surface area contributed by atoms with Crippen LogP contribution < -0.4 is 4.90 Å². The van der Waals surface area contributed by atoms with Crippen LogP contribution in [0.3, 0.4) is 0 Å². The van der Waals surface area contributed by atoms with Crippen LogP contribution in [0.15, 0.2) is 63.3 Å². The van der Waals surface area contributed by atoms with Gasteiger partial charge in [-0.1, -0.05) is 32.8 Å². The number of nitrogens with zero attached hydrogens (tertiary/aromatic N) is 4. The van der Waals surface area contributed by atoms with Crippen molar-refractivity contribution < 1.29 is 0 Å². The van der Waals surface area contributed by atoms with E-state index in [-0.39, 0.29) is 0 Å². The SMILES string of the molecule is Clc1ccc(N2CCN(N=Nc3ccc(Br)cc3)CC2)cc1. The molecule has 1 heterocycles. The predicted octanol–water partition coefficient (Wildman–Crippen LogP) is 4.92. The van der Waals surface area contributed by atoms with Crippen LogP contribution >= 0.6 is 27.5 Å². The summed E-state index contributed by atoms with van der Waals surface area (Å²) in [6, 6.07) is 15.8. The normalized spacial score (nSPS) is 15.5. The average Bonchev–Trinajstić information content (AvgIpc) is 2.56. The number of rotatable bonds is 3. The lowest BCUT2D eigenvalue weighted by molar-refractivity contribution is 0.254. The van der Waals surface area contributed by atoms with Crippen LogP contribution in [-0.2, 0) is 0 Å². The lowest BCUT2D eigenvalue weighted by Gasteiger charge is -2.33. The second kappa shape index (κ2) is 7.11. The summed E-state index contributed by atoms with van der Waals surface area (Å²) in [6.45, 7) is 3.59. The van der Waals surface area contributed by atoms with E-state index in [1.165, 1.54) is 5.69 Å². The van der Waals surface area contributed by atoms with Gasteiger partial charge in [-0.05, 0) is 48.5 Å². The first-order valence-electron chi connectivity index (χ1n) is 7.13. The minimum Gasteiger partial charge on any atom is -0.368 e. The summed E-state index contributed by atoms with van der Waals surface area (Å²) in [4.78, 5) is 2.34. The van der Waals surface area contributed by atoms with Crippen molar-refractivity contribution in [2.45, 2.75) is 0 Å². The fraction of sp³-hybridized carbons (Fsp3) is 0.250. The number of halogens is 2. The van der Waals surface area contributed by atoms with Gasteiger partial charge in [0.2, 0.25) is 0 Å². The van der Waals surface area contributed by atoms with Gasteiger partial charge in [-0.15, -0.1) is 5.11 Å². The van der Waals surface area contributed by atoms with E-state index in [0.717, 1.165) is 41.4 Å². The maximum Gasteiger partial charge on any atom is 0.0875 e. The third kappa shape index (κ3) is 3.99. The third-order valence-corrected chi connectivity index (χ3v) is 4.34. The topological polar surface area (TPSA) is 31.2 Å². The van der Waals surface area contributed by atoms with E-state index in [0.29, 0.717) is 0 Å². The van der Waals surface area contributed by atoms with Crippen LogP contribution in [0, 0.1) is 0 Å². The standard InChI is InChI=1S/C16H16BrClN4/c17-13-1-5-15(6-2-13)19-20-22-11-9-21(10-12-22)16-7-3-14(18)4-8-16/h1-8H,9-12H2. The zero-order chi connectivity index (χ0) is 15.4. The smallest absolute Gasteiger partial charge is 0.0875 e. The van der Waals surface area contributed by atoms with Crippen molar-refractivity contribution in [1.29, 1.82) is 0 Å². The summed E-state index contributed by atoms with van der Waals surface area (Å²) in [5.41, 5.74) is 2.07. The number of hydrogen-bond donors (Lipinski definition) is 0. The Morgan fingerprint density at radius 3 is 2.14 bits per heavy atom. The summed E-state index contributed by atoms with van der Waals surface area (Å²) < 4.78 is 1.04. The van der Waals surface area contributed by atoms with E-state index in [4.69, 9.17) is 11.6 Å². The Morgan fingerprint density at radius 2 is 1.50 bits per heavy atom. The van der Waals surface area contributed by atoms with Gasteiger partial charge in [0.1, 0.15) is 0 Å². The second-order valence-corrected chi connectivity index (χ2v) is 6.44. The molecule has 4 nitrogen and oxygen atoms in total. The molecule has 0 bridgehead atoms. The van der Waals surface area contributed by atoms with Gasteiger partial charge < -0.3 is 4.90 Å². The monoisotopic (exact) mass is 378 g/mol. The van der Waals surface area contributed by atoms with Crippen molar-refractivity contribution in [3.63, 3.8) is 0 Å². The first-order valence-corrected chi connectivity index (χ1v) is 8.30. The molecule has 22 heavy (non-hydrogen) atoms. The first-order chi connectivity index (χ1) is 10.7. The highest BCUT2D eigenvalue weighted by Crippen LogP contribution is 2.20. The van der Waals surface area contributed by atoms with Gasteiger partial charge >= 0.3 is 0 Å². The molecule has 0 aliphatic carbocycles. The predicted molar refractivity (Wildman–Crippen MR) is 93.9 cm³/mol. The molecule has 0 spiro atoms. The summed E-state index contributed by atoms with van der Waals surface area (Å²) >= 11 is 9.34. The third-order valence-electron chi connectivity index (χ3n) is 3.56. The summed E-state index contributed by atoms with van der Waals surface area (Å²) in [6.07, 6.45) is 0. The number of hydrogen-bond acceptors (Lipinski definition) is 3. The van der Waals surface area contributed by atoms with Gasteiger partial charge in [0.25, 0.3) is 0 Å². The van der Waals surface area contributed by atoms with Gasteiger partial charge in [0.15, 0.2) is 0 Å². The van der Waals surface area contributed by atoms with Crippen molar-refractivity contribution in [2.75, 3.05) is 31.1 Å². The Kier molecular flexibility index (Phi) is 4.95. The van der Waals surface area contributed by atoms with Gasteiger partial charge in [-0.3, -0.25) is 5.01 Å². The number of benzene rings is 2. The zero-order valence-electron chi connectivity index (χ0n) is 12.0. The molecule has 1 aliphatic rings. The molecule has 1 fully saturated rings. The van der Waals surface area contributed by atoms with Crippen molar-refractivity contribution in [3.05, 3.63) is 58.0 Å². The van der Waals surface area contributed by atoms with Crippen molar-refractivity contribution in [2.24, 2.45) is 10.3 Å². The Balaban J connectivity index is 1.55. The van der Waals surface area contributed by atoms with Crippen LogP contribution in [0.2, 0.25) is 5.02 Å². The second-order valence-electron chi connectivity index (χ2n) is 5.08. The Bertz CT molecular complexity index is 634. The molecule has 0 radical (unpaired) electrons. The molecule has 2 aromatic carbocycles. The van der Waals surface area contributed by atoms with E-state index < -0.39 is 0 Å². The first kappa shape index (κ1) is 15.3. The molecule has 0 aromatic heterocycles. The molecule has 6 heteroatoms. The minimum atomic E-state index is 0.769. The van der Waals surface area contributed by atoms with Crippen molar-refractivity contribution >= 4 is 38.9 Å². The highest BCUT2D eigenvalue weighted by molar-refractivity contribution is 9.10. The Labute approximate surface area is 143 Å². The molecule has 1 saturated heterocycles. The van der Waals surface area contributed by atoms with Crippen molar-refractivity contribution in [3.8, 4) is 0 Å². The highest BCUT2D eigenvalue weighted by atomic mass is 79.9. The van der Waals surface area contributed by atoms with Crippen LogP contribution in [-0.4, -0.2) is 31.2 Å². The minimum absolute atomic E-state index is 0.769. The summed E-state index contributed by atoms with van der Waals surface area (Å²) in [7, 11) is 0. The van der Waals surface area contributed by atoms with Crippen LogP contribution in [0.5, 0.6) is 0 Å². The van der Waals surface area contributed by atoms with Gasteiger partial charge in [0, 0.05) is 28.3 Å². The lowest BCUT2D eigenvalue weighted by atomic mass is 10.2. The molecule has 0 atom stereocenters. The van der Waals surface area contributed by atoms with Crippen LogP contribution in [0.25, 0.3) is 0 Å². The van der Waals surface area contributed by atoms with Crippen molar-refractivity contribution in [1.82, 2.24) is 5.01 Å². The molecule has 0 unspecified atom stereocenters. The van der Waals surface area contributed by atoms with E-state index >= 15 is 0 Å². The quantitative estimate of drug-likeness (QED) is 0.709. The molecule has 3 rings (SSSR count). The Morgan fingerprint density at radius 1 is 0.864 bits per heavy atom. The molecular weight excluding hydrogens is 364 g/mol. The largest absolute Gasteiger partial charge is 0.368 e. The molecule has 0 saturated carbocycles. The van der Waals surface area contributed by atoms with Gasteiger partial charge in [0.05, 0.1) is 18.8 Å². The summed E-state index contributed by atoms with van der Waals surface area (Å²) in [5, 5.41) is 11.4. The molecule has 0 N–H and O–H groups in total. The number of piperazine rings is 1. The maximum atomic E-state index is 5.93. The molecular formula is C16H16BrClN4. The average molecular weight is 380 g/mol. The fourth-order valence-electron chi connectivity index (χ4n) is 2.32. The summed E-state index contributed by atoms with van der Waals surface area (Å²) in [5.74, 6) is 0. The number of anilines is 1. The van der Waals surface area contributed by atoms with Crippen LogP contribution in [0.1, 0.15) is 0 Å². The highest BCUT2D eigenvalue weighted by Gasteiger charge is 2.15.